The lowest BCUT2D eigenvalue weighted by Crippen LogP contribution is -2.52. The fourth-order valence-electron chi connectivity index (χ4n) is 6.10. The van der Waals surface area contributed by atoms with Gasteiger partial charge in [0, 0.05) is 41.7 Å². The second kappa shape index (κ2) is 11.7. The lowest BCUT2D eigenvalue weighted by atomic mass is 9.62. The van der Waals surface area contributed by atoms with Gasteiger partial charge in [-0.25, -0.2) is 13.9 Å². The third kappa shape index (κ3) is 6.38. The van der Waals surface area contributed by atoms with Gasteiger partial charge in [0.15, 0.2) is 0 Å². The molecule has 0 radical (unpaired) electrons. The van der Waals surface area contributed by atoms with E-state index in [1.165, 1.54) is 30.3 Å². The van der Waals surface area contributed by atoms with E-state index >= 15 is 8.78 Å². The minimum atomic E-state index is -3.86. The summed E-state index contributed by atoms with van der Waals surface area (Å²) < 4.78 is 56.0. The van der Waals surface area contributed by atoms with Crippen molar-refractivity contribution >= 4 is 39.3 Å². The number of nitriles is 1. The third-order valence-electron chi connectivity index (χ3n) is 7.89. The lowest BCUT2D eigenvalue weighted by Gasteiger charge is -2.37. The number of hydrogen-bond donors (Lipinski definition) is 3. The van der Waals surface area contributed by atoms with Crippen molar-refractivity contribution in [1.29, 1.82) is 5.26 Å². The van der Waals surface area contributed by atoms with Gasteiger partial charge >= 0.3 is 0 Å². The Hall–Kier alpha value is -2.33. The van der Waals surface area contributed by atoms with Crippen molar-refractivity contribution in [3.63, 3.8) is 0 Å². The van der Waals surface area contributed by atoms with Crippen LogP contribution in [0.1, 0.15) is 57.1 Å². The molecule has 2 fully saturated rings. The first-order valence-electron chi connectivity index (χ1n) is 13.2. The minimum absolute atomic E-state index is 0.00139. The van der Waals surface area contributed by atoms with Gasteiger partial charge in [-0.15, -0.1) is 0 Å². The molecule has 2 aromatic rings. The van der Waals surface area contributed by atoms with Gasteiger partial charge in [-0.05, 0) is 48.4 Å². The minimum Gasteiger partial charge on any atom is -0.352 e. The molecule has 4 rings (SSSR count). The number of nitrogens with zero attached hydrogens (tertiary/aromatic N) is 2. The van der Waals surface area contributed by atoms with Crippen LogP contribution in [0.4, 0.5) is 8.78 Å². The van der Waals surface area contributed by atoms with E-state index in [4.69, 9.17) is 28.3 Å². The van der Waals surface area contributed by atoms with Crippen molar-refractivity contribution in [2.75, 3.05) is 13.1 Å². The zero-order chi connectivity index (χ0) is 30.3. The highest BCUT2D eigenvalue weighted by molar-refractivity contribution is 7.86. The SMILES string of the molecule is CC(C)(C)CC1NC(C(=O)NC2CCN(S(N)(=O)=O)CC2)C(c2cccc(Cl)c2F)C1(C#N)c1ccc(Cl)cc1F. The second-order valence-electron chi connectivity index (χ2n) is 11.9. The van der Waals surface area contributed by atoms with Crippen molar-refractivity contribution in [3.05, 3.63) is 69.2 Å². The van der Waals surface area contributed by atoms with Gasteiger partial charge in [-0.1, -0.05) is 62.2 Å². The quantitative estimate of drug-likeness (QED) is 0.438. The number of carbonyl (C=O) groups is 1. The molecule has 0 spiro atoms. The van der Waals surface area contributed by atoms with Crippen LogP contribution in [0.15, 0.2) is 36.4 Å². The largest absolute Gasteiger partial charge is 0.352 e. The highest BCUT2D eigenvalue weighted by atomic mass is 35.5. The maximum absolute atomic E-state index is 15.7. The number of amides is 1. The summed E-state index contributed by atoms with van der Waals surface area (Å²) in [7, 11) is -3.86. The van der Waals surface area contributed by atoms with Crippen molar-refractivity contribution in [2.24, 2.45) is 10.6 Å². The molecule has 0 saturated carbocycles. The van der Waals surface area contributed by atoms with Gasteiger partial charge in [0.2, 0.25) is 5.91 Å². The Morgan fingerprint density at radius 1 is 1.22 bits per heavy atom. The van der Waals surface area contributed by atoms with Crippen LogP contribution in [0.25, 0.3) is 0 Å². The van der Waals surface area contributed by atoms with Crippen LogP contribution in [-0.4, -0.2) is 49.8 Å². The van der Waals surface area contributed by atoms with Crippen LogP contribution in [0.2, 0.25) is 10.0 Å². The predicted molar refractivity (Wildman–Crippen MR) is 153 cm³/mol. The first kappa shape index (κ1) is 31.6. The molecular formula is C28H33Cl2F2N5O3S. The Morgan fingerprint density at radius 2 is 1.88 bits per heavy atom. The molecule has 2 aliphatic heterocycles. The number of rotatable bonds is 6. The number of nitrogens with two attached hydrogens (primary N) is 1. The molecule has 2 aliphatic rings. The maximum atomic E-state index is 15.7. The van der Waals surface area contributed by atoms with Crippen LogP contribution in [0.5, 0.6) is 0 Å². The smallest absolute Gasteiger partial charge is 0.276 e. The topological polar surface area (TPSA) is 128 Å². The van der Waals surface area contributed by atoms with E-state index in [-0.39, 0.29) is 39.7 Å². The summed E-state index contributed by atoms with van der Waals surface area (Å²) in [5.74, 6) is -3.25. The highest BCUT2D eigenvalue weighted by Gasteiger charge is 2.61. The molecule has 0 bridgehead atoms. The third-order valence-corrected chi connectivity index (χ3v) is 9.50. The first-order chi connectivity index (χ1) is 19.1. The molecule has 13 heteroatoms. The van der Waals surface area contributed by atoms with Crippen LogP contribution >= 0.6 is 23.2 Å². The zero-order valence-corrected chi connectivity index (χ0v) is 25.3. The summed E-state index contributed by atoms with van der Waals surface area (Å²) in [5, 5.41) is 22.3. The number of benzene rings is 2. The zero-order valence-electron chi connectivity index (χ0n) is 22.9. The second-order valence-corrected chi connectivity index (χ2v) is 14.3. The van der Waals surface area contributed by atoms with Gasteiger partial charge < -0.3 is 10.6 Å². The Morgan fingerprint density at radius 3 is 2.44 bits per heavy atom. The Bertz CT molecular complexity index is 1470. The molecule has 2 aromatic carbocycles. The van der Waals surface area contributed by atoms with Crippen molar-refractivity contribution in [1.82, 2.24) is 14.9 Å². The molecule has 8 nitrogen and oxygen atoms in total. The van der Waals surface area contributed by atoms with Gasteiger partial charge in [-0.3, -0.25) is 4.79 Å². The van der Waals surface area contributed by atoms with E-state index in [1.807, 2.05) is 20.8 Å². The normalized spacial score (nSPS) is 26.1. The van der Waals surface area contributed by atoms with E-state index in [0.717, 1.165) is 10.4 Å². The van der Waals surface area contributed by atoms with E-state index in [0.29, 0.717) is 19.3 Å². The summed E-state index contributed by atoms with van der Waals surface area (Å²) in [6.45, 7) is 6.11. The molecule has 0 aliphatic carbocycles. The summed E-state index contributed by atoms with van der Waals surface area (Å²) in [6.07, 6.45) is 0.968. The summed E-state index contributed by atoms with van der Waals surface area (Å²) in [6, 6.07) is 8.31. The highest BCUT2D eigenvalue weighted by Crippen LogP contribution is 2.52. The average Bonchev–Trinajstić information content (AvgIpc) is 3.18. The molecule has 222 valence electrons. The van der Waals surface area contributed by atoms with Crippen LogP contribution in [-0.2, 0) is 20.4 Å². The summed E-state index contributed by atoms with van der Waals surface area (Å²) in [4.78, 5) is 13.9. The Kier molecular flexibility index (Phi) is 9.05. The molecule has 2 heterocycles. The van der Waals surface area contributed by atoms with E-state index in [2.05, 4.69) is 16.7 Å². The first-order valence-corrected chi connectivity index (χ1v) is 15.5. The predicted octanol–water partition coefficient (Wildman–Crippen LogP) is 4.38. The molecule has 4 unspecified atom stereocenters. The van der Waals surface area contributed by atoms with Gasteiger partial charge in [-0.2, -0.15) is 18.0 Å². The molecule has 4 N–H and O–H groups in total. The van der Waals surface area contributed by atoms with Crippen molar-refractivity contribution in [3.8, 4) is 6.07 Å². The van der Waals surface area contributed by atoms with Crippen LogP contribution in [0.3, 0.4) is 0 Å². The molecule has 2 saturated heterocycles. The van der Waals surface area contributed by atoms with Gasteiger partial charge in [0.25, 0.3) is 10.2 Å². The van der Waals surface area contributed by atoms with Crippen LogP contribution < -0.4 is 15.8 Å². The number of hydrogen-bond acceptors (Lipinski definition) is 5. The van der Waals surface area contributed by atoms with Gasteiger partial charge in [0.05, 0.1) is 17.1 Å². The van der Waals surface area contributed by atoms with Crippen molar-refractivity contribution in [2.45, 2.75) is 69.5 Å². The molecule has 41 heavy (non-hydrogen) atoms. The van der Waals surface area contributed by atoms with E-state index < -0.39 is 57.2 Å². The van der Waals surface area contributed by atoms with Crippen LogP contribution in [0, 0.1) is 28.4 Å². The number of carbonyl (C=O) groups excluding carboxylic acids is 1. The Labute approximate surface area is 249 Å². The van der Waals surface area contributed by atoms with Crippen molar-refractivity contribution < 1.29 is 22.0 Å². The Balaban J connectivity index is 1.83. The fraction of sp³-hybridized carbons (Fsp3) is 0.500. The monoisotopic (exact) mass is 627 g/mol. The standard InChI is InChI=1S/C28H33Cl2F2N5O3S/c1-27(2,3)14-22-28(15-33,19-8-7-16(29)13-21(19)31)23(18-5-4-6-20(30)24(18)32)25(36-22)26(38)35-17-9-11-37(12-10-17)41(34,39)40/h4-8,13,17,22-23,25,36H,9-12,14H2,1-3H3,(H,35,38)(H2,34,39,40). The van der Waals surface area contributed by atoms with E-state index in [1.54, 1.807) is 0 Å². The molecule has 4 atom stereocenters. The van der Waals surface area contributed by atoms with E-state index in [9.17, 15) is 18.5 Å². The maximum Gasteiger partial charge on any atom is 0.276 e. The summed E-state index contributed by atoms with van der Waals surface area (Å²) in [5.41, 5.74) is -2.10. The lowest BCUT2D eigenvalue weighted by molar-refractivity contribution is -0.124. The average molecular weight is 629 g/mol. The molecule has 0 aromatic heterocycles. The number of nitrogens with one attached hydrogen (secondary N) is 2. The number of piperidine rings is 1. The molecular weight excluding hydrogens is 595 g/mol. The van der Waals surface area contributed by atoms with Gasteiger partial charge in [0.1, 0.15) is 17.0 Å². The summed E-state index contributed by atoms with van der Waals surface area (Å²) >= 11 is 12.2. The fourth-order valence-corrected chi connectivity index (χ4v) is 7.16. The molecule has 1 amide bonds. The number of halogens is 4.